The Kier molecular flexibility index (Phi) is 5.59. The maximum atomic E-state index is 12.7. The van der Waals surface area contributed by atoms with Crippen molar-refractivity contribution in [2.24, 2.45) is 0 Å². The Labute approximate surface area is 136 Å². The van der Waals surface area contributed by atoms with E-state index < -0.39 is 10.0 Å². The van der Waals surface area contributed by atoms with Crippen LogP contribution in [0, 0.1) is 0 Å². The van der Waals surface area contributed by atoms with Crippen molar-refractivity contribution >= 4 is 60.5 Å². The van der Waals surface area contributed by atoms with E-state index in [1.165, 1.54) is 6.07 Å². The molecule has 108 valence electrons. The zero-order valence-corrected chi connectivity index (χ0v) is 14.8. The van der Waals surface area contributed by atoms with E-state index in [1.54, 1.807) is 4.31 Å². The Morgan fingerprint density at radius 1 is 1.42 bits per heavy atom. The number of alkyl halides is 1. The van der Waals surface area contributed by atoms with Crippen LogP contribution in [0.5, 0.6) is 0 Å². The molecular formula is C11H14BrCl2NO2S2. The largest absolute Gasteiger partial charge is 0.245 e. The monoisotopic (exact) mass is 405 g/mol. The third kappa shape index (κ3) is 3.47. The molecule has 8 heteroatoms. The fraction of sp³-hybridized carbons (Fsp3) is 0.636. The molecule has 0 atom stereocenters. The van der Waals surface area contributed by atoms with Gasteiger partial charge in [0.2, 0.25) is 10.0 Å². The predicted octanol–water partition coefficient (Wildman–Crippen LogP) is 4.38. The molecule has 0 aliphatic heterocycles. The molecule has 19 heavy (non-hydrogen) atoms. The van der Waals surface area contributed by atoms with E-state index in [2.05, 4.69) is 15.9 Å². The lowest BCUT2D eigenvalue weighted by Crippen LogP contribution is -2.44. The van der Waals surface area contributed by atoms with Crippen LogP contribution < -0.4 is 0 Å². The van der Waals surface area contributed by atoms with Crippen LogP contribution in [0.3, 0.4) is 0 Å². The number of halogens is 3. The molecule has 0 radical (unpaired) electrons. The highest BCUT2D eigenvalue weighted by Crippen LogP contribution is 2.38. The Morgan fingerprint density at radius 2 is 2.11 bits per heavy atom. The summed E-state index contributed by atoms with van der Waals surface area (Å²) in [6, 6.07) is 1.56. The van der Waals surface area contributed by atoms with Crippen LogP contribution in [0.15, 0.2) is 11.0 Å². The highest BCUT2D eigenvalue weighted by atomic mass is 79.9. The molecule has 0 amide bonds. The normalized spacial score (nSPS) is 16.8. The van der Waals surface area contributed by atoms with Crippen molar-refractivity contribution in [1.29, 1.82) is 0 Å². The van der Waals surface area contributed by atoms with Crippen molar-refractivity contribution in [3.63, 3.8) is 0 Å². The second-order valence-corrected chi connectivity index (χ2v) is 9.37. The fourth-order valence-electron chi connectivity index (χ4n) is 2.02. The van der Waals surface area contributed by atoms with Gasteiger partial charge in [-0.1, -0.05) is 45.6 Å². The molecule has 3 nitrogen and oxygen atoms in total. The van der Waals surface area contributed by atoms with E-state index in [1.807, 2.05) is 0 Å². The molecule has 0 saturated heterocycles. The van der Waals surface area contributed by atoms with Gasteiger partial charge in [0.25, 0.3) is 0 Å². The van der Waals surface area contributed by atoms with Gasteiger partial charge in [0.05, 0.1) is 4.34 Å². The molecule has 1 aromatic rings. The molecule has 0 spiro atoms. The second-order valence-electron chi connectivity index (χ2n) is 4.43. The van der Waals surface area contributed by atoms with Gasteiger partial charge in [-0.05, 0) is 25.3 Å². The summed E-state index contributed by atoms with van der Waals surface area (Å²) >= 11 is 16.3. The third-order valence-electron chi connectivity index (χ3n) is 3.21. The summed E-state index contributed by atoms with van der Waals surface area (Å²) in [6.45, 7) is 0.516. The summed E-state index contributed by atoms with van der Waals surface area (Å²) in [7, 11) is -3.54. The minimum absolute atomic E-state index is 0.110. The third-order valence-corrected chi connectivity index (χ3v) is 7.47. The van der Waals surface area contributed by atoms with Gasteiger partial charge in [0, 0.05) is 17.9 Å². The van der Waals surface area contributed by atoms with Gasteiger partial charge < -0.3 is 0 Å². The van der Waals surface area contributed by atoms with Crippen molar-refractivity contribution < 1.29 is 8.42 Å². The summed E-state index contributed by atoms with van der Waals surface area (Å²) in [5.74, 6) is 0. The zero-order chi connectivity index (χ0) is 14.0. The van der Waals surface area contributed by atoms with Gasteiger partial charge >= 0.3 is 0 Å². The Balaban J connectivity index is 2.30. The molecule has 1 heterocycles. The minimum atomic E-state index is -3.54. The van der Waals surface area contributed by atoms with Crippen molar-refractivity contribution in [2.45, 2.75) is 36.6 Å². The number of nitrogens with zero attached hydrogens (tertiary/aromatic N) is 1. The first-order valence-electron chi connectivity index (χ1n) is 5.99. The number of sulfonamides is 1. The van der Waals surface area contributed by atoms with Gasteiger partial charge in [-0.25, -0.2) is 8.42 Å². The van der Waals surface area contributed by atoms with Crippen LogP contribution in [0.2, 0.25) is 8.67 Å². The van der Waals surface area contributed by atoms with Crippen LogP contribution in [0.25, 0.3) is 0 Å². The number of rotatable bonds is 6. The average Bonchev–Trinajstić information content (AvgIpc) is 2.61. The Morgan fingerprint density at radius 3 is 2.53 bits per heavy atom. The maximum Gasteiger partial charge on any atom is 0.245 e. The summed E-state index contributed by atoms with van der Waals surface area (Å²) in [5.41, 5.74) is 0. The van der Waals surface area contributed by atoms with Crippen LogP contribution in [0.4, 0.5) is 0 Å². The van der Waals surface area contributed by atoms with Gasteiger partial charge in [0.1, 0.15) is 9.23 Å². The quantitative estimate of drug-likeness (QED) is 0.657. The Bertz CT molecular complexity index is 543. The van der Waals surface area contributed by atoms with Gasteiger partial charge in [-0.15, -0.1) is 11.3 Å². The zero-order valence-electron chi connectivity index (χ0n) is 10.1. The molecule has 1 fully saturated rings. The topological polar surface area (TPSA) is 37.4 Å². The van der Waals surface area contributed by atoms with E-state index in [0.717, 1.165) is 42.4 Å². The first kappa shape index (κ1) is 16.0. The highest BCUT2D eigenvalue weighted by Gasteiger charge is 2.36. The lowest BCUT2D eigenvalue weighted by atomic mass is 9.93. The minimum Gasteiger partial charge on any atom is -0.207 e. The number of hydrogen-bond donors (Lipinski definition) is 0. The molecule has 1 aromatic heterocycles. The van der Waals surface area contributed by atoms with Crippen LogP contribution in [-0.2, 0) is 10.0 Å². The smallest absolute Gasteiger partial charge is 0.207 e. The van der Waals surface area contributed by atoms with Gasteiger partial charge in [-0.2, -0.15) is 4.31 Å². The molecular weight excluding hydrogens is 393 g/mol. The Hall–Kier alpha value is 0.670. The number of thiophene rings is 1. The summed E-state index contributed by atoms with van der Waals surface area (Å²) in [6.07, 6.45) is 3.72. The average molecular weight is 407 g/mol. The fourth-order valence-corrected chi connectivity index (χ4v) is 6.11. The van der Waals surface area contributed by atoms with Crippen molar-refractivity contribution in [2.75, 3.05) is 11.9 Å². The molecule has 0 bridgehead atoms. The van der Waals surface area contributed by atoms with E-state index in [0.29, 0.717) is 10.9 Å². The second kappa shape index (κ2) is 6.62. The predicted molar refractivity (Wildman–Crippen MR) is 84.3 cm³/mol. The first-order chi connectivity index (χ1) is 8.96. The molecule has 0 aromatic carbocycles. The molecule has 0 N–H and O–H groups in total. The first-order valence-corrected chi connectivity index (χ1v) is 10.1. The lowest BCUT2D eigenvalue weighted by Gasteiger charge is -2.36. The SMILES string of the molecule is O=S(=O)(c1cc(Cl)sc1Cl)N(CCCBr)C1CCC1. The van der Waals surface area contributed by atoms with E-state index in [-0.39, 0.29) is 15.3 Å². The van der Waals surface area contributed by atoms with E-state index >= 15 is 0 Å². The number of hydrogen-bond acceptors (Lipinski definition) is 3. The van der Waals surface area contributed by atoms with E-state index in [4.69, 9.17) is 23.2 Å². The summed E-state index contributed by atoms with van der Waals surface area (Å²) in [5, 5.41) is 0.782. The summed E-state index contributed by atoms with van der Waals surface area (Å²) in [4.78, 5) is 0.144. The van der Waals surface area contributed by atoms with Crippen molar-refractivity contribution in [3.05, 3.63) is 14.7 Å². The highest BCUT2D eigenvalue weighted by molar-refractivity contribution is 9.09. The standard InChI is InChI=1S/C11H14BrCl2NO2S2/c12-5-2-6-15(8-3-1-4-8)19(16,17)9-7-10(13)18-11(9)14/h7-8H,1-6H2. The van der Waals surface area contributed by atoms with Gasteiger partial charge in [0.15, 0.2) is 0 Å². The van der Waals surface area contributed by atoms with Crippen molar-refractivity contribution in [3.8, 4) is 0 Å². The lowest BCUT2D eigenvalue weighted by molar-refractivity contribution is 0.220. The van der Waals surface area contributed by atoms with Gasteiger partial charge in [-0.3, -0.25) is 0 Å². The van der Waals surface area contributed by atoms with Crippen LogP contribution >= 0.6 is 50.5 Å². The molecule has 0 unspecified atom stereocenters. The molecule has 1 saturated carbocycles. The maximum absolute atomic E-state index is 12.7. The molecule has 1 aliphatic carbocycles. The summed E-state index contributed by atoms with van der Waals surface area (Å²) < 4.78 is 27.6. The van der Waals surface area contributed by atoms with Crippen LogP contribution in [-0.4, -0.2) is 30.6 Å². The van der Waals surface area contributed by atoms with Crippen LogP contribution in [0.1, 0.15) is 25.7 Å². The van der Waals surface area contributed by atoms with Crippen molar-refractivity contribution in [1.82, 2.24) is 4.31 Å². The molecule has 2 rings (SSSR count). The van der Waals surface area contributed by atoms with E-state index in [9.17, 15) is 8.42 Å². The molecule has 1 aliphatic rings.